The second kappa shape index (κ2) is 6.94. The Balaban J connectivity index is 2.53. The van der Waals surface area contributed by atoms with Crippen molar-refractivity contribution < 1.29 is 36.9 Å². The molecule has 2 unspecified atom stereocenters. The van der Waals surface area contributed by atoms with Crippen molar-refractivity contribution in [3.63, 3.8) is 0 Å². The largest absolute Gasteiger partial charge is 0.444 e. The number of aliphatic hydroxyl groups is 1. The molecule has 1 aliphatic heterocycles. The summed E-state index contributed by atoms with van der Waals surface area (Å²) in [5, 5.41) is 13.3. The van der Waals surface area contributed by atoms with Crippen LogP contribution in [-0.4, -0.2) is 35.6 Å². The van der Waals surface area contributed by atoms with Crippen molar-refractivity contribution in [1.82, 2.24) is 5.32 Å². The molecule has 5 nitrogen and oxygen atoms in total. The maximum atomic E-state index is 14.7. The summed E-state index contributed by atoms with van der Waals surface area (Å²) < 4.78 is 63.7. The molecule has 0 bridgehead atoms. The van der Waals surface area contributed by atoms with Gasteiger partial charge in [-0.15, -0.1) is 0 Å². The number of alkyl carbamates (subject to hydrolysis) is 1. The molecule has 0 spiro atoms. The Morgan fingerprint density at radius 1 is 1.30 bits per heavy atom. The molecule has 0 aromatic heterocycles. The standard InChI is InChI=1S/C18H23F4NO4/c1-15(2,3)27-14(24)23-17(7-8-26-10-16(17,4)25)12-6-5-11(9-13(12)19)18(20,21)22/h5-6,9,25H,7-8,10H2,1-4H3,(H,23,24). The lowest BCUT2D eigenvalue weighted by atomic mass is 9.72. The van der Waals surface area contributed by atoms with E-state index < -0.39 is 40.4 Å². The van der Waals surface area contributed by atoms with Crippen molar-refractivity contribution in [3.05, 3.63) is 35.1 Å². The van der Waals surface area contributed by atoms with E-state index in [-0.39, 0.29) is 25.2 Å². The van der Waals surface area contributed by atoms with E-state index >= 15 is 0 Å². The number of carbonyl (C=O) groups is 1. The van der Waals surface area contributed by atoms with Crippen LogP contribution in [0, 0.1) is 5.82 Å². The van der Waals surface area contributed by atoms with Crippen molar-refractivity contribution in [2.45, 2.75) is 57.0 Å². The topological polar surface area (TPSA) is 67.8 Å². The van der Waals surface area contributed by atoms with Gasteiger partial charge >= 0.3 is 12.3 Å². The van der Waals surface area contributed by atoms with Crippen LogP contribution in [0.2, 0.25) is 0 Å². The van der Waals surface area contributed by atoms with Crippen molar-refractivity contribution in [2.24, 2.45) is 0 Å². The molecule has 1 aliphatic rings. The van der Waals surface area contributed by atoms with Gasteiger partial charge in [-0.25, -0.2) is 9.18 Å². The summed E-state index contributed by atoms with van der Waals surface area (Å²) in [6.07, 6.45) is -5.70. The zero-order chi connectivity index (χ0) is 20.7. The quantitative estimate of drug-likeness (QED) is 0.752. The third-order valence-corrected chi connectivity index (χ3v) is 4.39. The first-order valence-corrected chi connectivity index (χ1v) is 8.36. The molecule has 0 saturated carbocycles. The van der Waals surface area contributed by atoms with E-state index in [0.717, 1.165) is 6.07 Å². The number of carbonyl (C=O) groups excluding carboxylic acids is 1. The van der Waals surface area contributed by atoms with Crippen LogP contribution in [0.15, 0.2) is 18.2 Å². The number of rotatable bonds is 2. The smallest absolute Gasteiger partial charge is 0.416 e. The lowest BCUT2D eigenvalue weighted by molar-refractivity contribution is -0.143. The van der Waals surface area contributed by atoms with Crippen LogP contribution in [0.3, 0.4) is 0 Å². The van der Waals surface area contributed by atoms with Gasteiger partial charge in [-0.1, -0.05) is 6.07 Å². The molecule has 1 amide bonds. The van der Waals surface area contributed by atoms with E-state index in [2.05, 4.69) is 5.32 Å². The Morgan fingerprint density at radius 2 is 1.93 bits per heavy atom. The van der Waals surface area contributed by atoms with E-state index in [1.54, 1.807) is 20.8 Å². The van der Waals surface area contributed by atoms with Gasteiger partial charge in [0.2, 0.25) is 0 Å². The molecule has 1 aromatic carbocycles. The maximum Gasteiger partial charge on any atom is 0.416 e. The van der Waals surface area contributed by atoms with Crippen molar-refractivity contribution in [3.8, 4) is 0 Å². The van der Waals surface area contributed by atoms with Gasteiger partial charge in [0.15, 0.2) is 0 Å². The molecule has 1 saturated heterocycles. The molecule has 9 heteroatoms. The van der Waals surface area contributed by atoms with Gasteiger partial charge in [-0.05, 0) is 39.8 Å². The fraction of sp³-hybridized carbons (Fsp3) is 0.611. The number of hydrogen-bond acceptors (Lipinski definition) is 4. The van der Waals surface area contributed by atoms with Gasteiger partial charge in [0.1, 0.15) is 22.6 Å². The molecule has 27 heavy (non-hydrogen) atoms. The highest BCUT2D eigenvalue weighted by Gasteiger charge is 2.54. The molecule has 2 rings (SSSR count). The van der Waals surface area contributed by atoms with E-state index in [9.17, 15) is 27.5 Å². The van der Waals surface area contributed by atoms with E-state index in [1.165, 1.54) is 6.92 Å². The molecule has 1 heterocycles. The van der Waals surface area contributed by atoms with Crippen LogP contribution in [-0.2, 0) is 21.2 Å². The second-order valence-corrected chi connectivity index (χ2v) is 7.80. The lowest BCUT2D eigenvalue weighted by Gasteiger charge is -2.49. The summed E-state index contributed by atoms with van der Waals surface area (Å²) in [5.41, 5.74) is -5.80. The van der Waals surface area contributed by atoms with Gasteiger partial charge in [0.25, 0.3) is 0 Å². The van der Waals surface area contributed by atoms with Gasteiger partial charge in [-0.3, -0.25) is 0 Å². The average molecular weight is 393 g/mol. The minimum atomic E-state index is -4.72. The molecular weight excluding hydrogens is 370 g/mol. The molecule has 1 aromatic rings. The summed E-state index contributed by atoms with van der Waals surface area (Å²) >= 11 is 0. The summed E-state index contributed by atoms with van der Waals surface area (Å²) in [6, 6.07) is 1.98. The fourth-order valence-electron chi connectivity index (χ4n) is 3.09. The van der Waals surface area contributed by atoms with Crippen LogP contribution in [0.25, 0.3) is 0 Å². The van der Waals surface area contributed by atoms with E-state index in [1.807, 2.05) is 0 Å². The lowest BCUT2D eigenvalue weighted by Crippen LogP contribution is -2.65. The van der Waals surface area contributed by atoms with Crippen LogP contribution < -0.4 is 5.32 Å². The van der Waals surface area contributed by atoms with Crippen LogP contribution in [0.4, 0.5) is 22.4 Å². The van der Waals surface area contributed by atoms with Gasteiger partial charge in [0, 0.05) is 18.6 Å². The van der Waals surface area contributed by atoms with Crippen molar-refractivity contribution in [1.29, 1.82) is 0 Å². The normalized spacial score (nSPS) is 26.6. The number of nitrogens with one attached hydrogen (secondary N) is 1. The van der Waals surface area contributed by atoms with E-state index in [4.69, 9.17) is 9.47 Å². The minimum Gasteiger partial charge on any atom is -0.444 e. The molecular formula is C18H23F4NO4. The molecule has 0 aliphatic carbocycles. The van der Waals surface area contributed by atoms with E-state index in [0.29, 0.717) is 12.1 Å². The molecule has 0 radical (unpaired) electrons. The number of halogens is 4. The summed E-state index contributed by atoms with van der Waals surface area (Å²) in [7, 11) is 0. The highest BCUT2D eigenvalue weighted by molar-refractivity contribution is 5.70. The first-order valence-electron chi connectivity index (χ1n) is 8.36. The Hall–Kier alpha value is -1.87. The number of ether oxygens (including phenoxy) is 2. The monoisotopic (exact) mass is 393 g/mol. The fourth-order valence-corrected chi connectivity index (χ4v) is 3.09. The number of alkyl halides is 3. The van der Waals surface area contributed by atoms with Gasteiger partial charge in [0.05, 0.1) is 12.2 Å². The maximum absolute atomic E-state index is 14.7. The highest BCUT2D eigenvalue weighted by atomic mass is 19.4. The Bertz CT molecular complexity index is 712. The first-order chi connectivity index (χ1) is 12.2. The average Bonchev–Trinajstić information content (AvgIpc) is 2.46. The molecule has 152 valence electrons. The predicted octanol–water partition coefficient (Wildman–Crippen LogP) is 3.74. The Labute approximate surface area is 154 Å². The Kier molecular flexibility index (Phi) is 5.51. The number of amides is 1. The zero-order valence-corrected chi connectivity index (χ0v) is 15.5. The first kappa shape index (κ1) is 21.4. The Morgan fingerprint density at radius 3 is 2.41 bits per heavy atom. The molecule has 2 atom stereocenters. The zero-order valence-electron chi connectivity index (χ0n) is 15.5. The molecule has 2 N–H and O–H groups in total. The highest BCUT2D eigenvalue weighted by Crippen LogP contribution is 2.42. The van der Waals surface area contributed by atoms with Crippen molar-refractivity contribution >= 4 is 6.09 Å². The SMILES string of the molecule is CC(C)(C)OC(=O)NC1(c2ccc(C(F)(F)F)cc2F)CCOCC1(C)O. The number of benzene rings is 1. The third kappa shape index (κ3) is 4.52. The van der Waals surface area contributed by atoms with Gasteiger partial charge < -0.3 is 19.9 Å². The number of hydrogen-bond donors (Lipinski definition) is 2. The van der Waals surface area contributed by atoms with Crippen LogP contribution >= 0.6 is 0 Å². The summed E-state index contributed by atoms with van der Waals surface area (Å²) in [5.74, 6) is -1.19. The van der Waals surface area contributed by atoms with Crippen molar-refractivity contribution in [2.75, 3.05) is 13.2 Å². The molecule has 1 fully saturated rings. The van der Waals surface area contributed by atoms with Gasteiger partial charge in [-0.2, -0.15) is 13.2 Å². The second-order valence-electron chi connectivity index (χ2n) is 7.80. The summed E-state index contributed by atoms with van der Waals surface area (Å²) in [4.78, 5) is 12.3. The third-order valence-electron chi connectivity index (χ3n) is 4.39. The summed E-state index contributed by atoms with van der Waals surface area (Å²) in [6.45, 7) is 6.01. The minimum absolute atomic E-state index is 0.0540. The predicted molar refractivity (Wildman–Crippen MR) is 88.5 cm³/mol. The van der Waals surface area contributed by atoms with Crippen LogP contribution in [0.1, 0.15) is 45.2 Å². The van der Waals surface area contributed by atoms with Crippen LogP contribution in [0.5, 0.6) is 0 Å².